The standard InChI is InChI=1S/C11H9ClN2O3/c12-8-3-1-7(2-4-8)6-14-10(16)5-9(15)13-11(14)17/h1-5,16H,6H2,(H,13,15,17). The normalized spacial score (nSPS) is 10.4. The Bertz CT molecular complexity index is 643. The molecule has 1 heterocycles. The van der Waals surface area contributed by atoms with Crippen molar-refractivity contribution in [3.63, 3.8) is 0 Å². The third kappa shape index (κ3) is 2.57. The van der Waals surface area contributed by atoms with E-state index in [1.165, 1.54) is 0 Å². The Hall–Kier alpha value is -2.01. The zero-order valence-electron chi connectivity index (χ0n) is 8.68. The van der Waals surface area contributed by atoms with E-state index in [0.717, 1.165) is 16.2 Å². The fourth-order valence-corrected chi connectivity index (χ4v) is 1.56. The minimum atomic E-state index is -0.648. The Labute approximate surface area is 101 Å². The van der Waals surface area contributed by atoms with Crippen LogP contribution in [0.25, 0.3) is 0 Å². The molecule has 0 amide bonds. The number of H-pyrrole nitrogens is 1. The third-order valence-electron chi connectivity index (χ3n) is 2.27. The molecule has 2 N–H and O–H groups in total. The van der Waals surface area contributed by atoms with Crippen molar-refractivity contribution in [3.8, 4) is 5.88 Å². The Balaban J connectivity index is 2.40. The van der Waals surface area contributed by atoms with Gasteiger partial charge in [0.2, 0.25) is 5.88 Å². The van der Waals surface area contributed by atoms with Gasteiger partial charge in [-0.25, -0.2) is 4.79 Å². The number of aromatic amines is 1. The lowest BCUT2D eigenvalue weighted by Crippen LogP contribution is -2.29. The first-order valence-electron chi connectivity index (χ1n) is 4.84. The number of nitrogens with one attached hydrogen (secondary N) is 1. The molecule has 0 unspecified atom stereocenters. The highest BCUT2D eigenvalue weighted by Gasteiger charge is 2.05. The minimum Gasteiger partial charge on any atom is -0.494 e. The predicted molar refractivity (Wildman–Crippen MR) is 63.5 cm³/mol. The number of aromatic hydroxyl groups is 1. The molecular formula is C11H9ClN2O3. The fourth-order valence-electron chi connectivity index (χ4n) is 1.43. The number of hydrogen-bond donors (Lipinski definition) is 2. The van der Waals surface area contributed by atoms with Crippen LogP contribution < -0.4 is 11.2 Å². The monoisotopic (exact) mass is 252 g/mol. The molecule has 0 aliphatic heterocycles. The average Bonchev–Trinajstić information content (AvgIpc) is 2.26. The van der Waals surface area contributed by atoms with Gasteiger partial charge in [0.05, 0.1) is 12.6 Å². The second-order valence-corrected chi connectivity index (χ2v) is 3.95. The maximum absolute atomic E-state index is 11.5. The van der Waals surface area contributed by atoms with E-state index in [1.807, 2.05) is 0 Å². The van der Waals surface area contributed by atoms with Gasteiger partial charge in [0, 0.05) is 5.02 Å². The van der Waals surface area contributed by atoms with E-state index in [0.29, 0.717) is 5.02 Å². The Morgan fingerprint density at radius 2 is 1.88 bits per heavy atom. The van der Waals surface area contributed by atoms with Crippen LogP contribution in [0.4, 0.5) is 0 Å². The van der Waals surface area contributed by atoms with Gasteiger partial charge in [-0.15, -0.1) is 0 Å². The number of nitrogens with zero attached hydrogens (tertiary/aromatic N) is 1. The van der Waals surface area contributed by atoms with Crippen molar-refractivity contribution in [2.24, 2.45) is 0 Å². The van der Waals surface area contributed by atoms with Gasteiger partial charge in [-0.05, 0) is 17.7 Å². The van der Waals surface area contributed by atoms with Crippen LogP contribution in [0.15, 0.2) is 39.9 Å². The van der Waals surface area contributed by atoms with Gasteiger partial charge in [0.1, 0.15) is 0 Å². The quantitative estimate of drug-likeness (QED) is 0.835. The highest BCUT2D eigenvalue weighted by Crippen LogP contribution is 2.11. The van der Waals surface area contributed by atoms with Crippen molar-refractivity contribution in [2.45, 2.75) is 6.54 Å². The van der Waals surface area contributed by atoms with E-state index >= 15 is 0 Å². The van der Waals surface area contributed by atoms with Crippen LogP contribution in [-0.4, -0.2) is 14.7 Å². The first kappa shape index (κ1) is 11.5. The molecule has 0 radical (unpaired) electrons. The zero-order valence-corrected chi connectivity index (χ0v) is 9.44. The van der Waals surface area contributed by atoms with Crippen LogP contribution in [-0.2, 0) is 6.54 Å². The van der Waals surface area contributed by atoms with E-state index in [-0.39, 0.29) is 12.4 Å². The number of aromatic nitrogens is 2. The van der Waals surface area contributed by atoms with Gasteiger partial charge in [-0.3, -0.25) is 14.3 Å². The molecule has 0 aliphatic carbocycles. The van der Waals surface area contributed by atoms with E-state index in [4.69, 9.17) is 11.6 Å². The number of hydrogen-bond acceptors (Lipinski definition) is 3. The highest BCUT2D eigenvalue weighted by molar-refractivity contribution is 6.30. The first-order chi connectivity index (χ1) is 8.06. The summed E-state index contributed by atoms with van der Waals surface area (Å²) in [6.45, 7) is 0.165. The third-order valence-corrected chi connectivity index (χ3v) is 2.52. The van der Waals surface area contributed by atoms with Crippen LogP contribution >= 0.6 is 11.6 Å². The molecule has 0 spiro atoms. The summed E-state index contributed by atoms with van der Waals surface area (Å²) in [6.07, 6.45) is 0. The van der Waals surface area contributed by atoms with E-state index < -0.39 is 11.2 Å². The predicted octanol–water partition coefficient (Wildman–Crippen LogP) is 0.944. The molecule has 1 aromatic carbocycles. The van der Waals surface area contributed by atoms with Crippen LogP contribution in [0.3, 0.4) is 0 Å². The lowest BCUT2D eigenvalue weighted by atomic mass is 10.2. The Morgan fingerprint density at radius 3 is 2.47 bits per heavy atom. The summed E-state index contributed by atoms with van der Waals surface area (Å²) in [5.41, 5.74) is -0.483. The summed E-state index contributed by atoms with van der Waals surface area (Å²) in [5, 5.41) is 10.1. The van der Waals surface area contributed by atoms with E-state index in [9.17, 15) is 14.7 Å². The molecular weight excluding hydrogens is 244 g/mol. The SMILES string of the molecule is O=c1cc(O)n(Cc2ccc(Cl)cc2)c(=O)[nH]1. The Kier molecular flexibility index (Phi) is 3.01. The molecule has 1 aromatic heterocycles. The molecule has 5 nitrogen and oxygen atoms in total. The maximum atomic E-state index is 11.5. The van der Waals surface area contributed by atoms with Gasteiger partial charge >= 0.3 is 5.69 Å². The molecule has 0 atom stereocenters. The molecule has 2 aromatic rings. The van der Waals surface area contributed by atoms with E-state index in [2.05, 4.69) is 4.98 Å². The van der Waals surface area contributed by atoms with Crippen LogP contribution in [0, 0.1) is 0 Å². The molecule has 88 valence electrons. The first-order valence-corrected chi connectivity index (χ1v) is 5.21. The summed E-state index contributed by atoms with van der Waals surface area (Å²) in [4.78, 5) is 24.4. The van der Waals surface area contributed by atoms with Crippen molar-refractivity contribution < 1.29 is 5.11 Å². The summed E-state index contributed by atoms with van der Waals surface area (Å²) < 4.78 is 1.06. The molecule has 0 aliphatic rings. The van der Waals surface area contributed by atoms with Crippen molar-refractivity contribution in [2.75, 3.05) is 0 Å². The largest absolute Gasteiger partial charge is 0.494 e. The molecule has 6 heteroatoms. The van der Waals surface area contributed by atoms with E-state index in [1.54, 1.807) is 24.3 Å². The fraction of sp³-hybridized carbons (Fsp3) is 0.0909. The molecule has 2 rings (SSSR count). The van der Waals surface area contributed by atoms with Gasteiger partial charge in [-0.1, -0.05) is 23.7 Å². The maximum Gasteiger partial charge on any atom is 0.331 e. The van der Waals surface area contributed by atoms with Gasteiger partial charge in [0.25, 0.3) is 5.56 Å². The molecule has 0 bridgehead atoms. The van der Waals surface area contributed by atoms with Crippen LogP contribution in [0.2, 0.25) is 5.02 Å². The van der Waals surface area contributed by atoms with Crippen LogP contribution in [0.5, 0.6) is 5.88 Å². The molecule has 0 fully saturated rings. The average molecular weight is 253 g/mol. The van der Waals surface area contributed by atoms with Crippen molar-refractivity contribution >= 4 is 11.6 Å². The van der Waals surface area contributed by atoms with Gasteiger partial charge in [-0.2, -0.15) is 0 Å². The minimum absolute atomic E-state index is 0.165. The lowest BCUT2D eigenvalue weighted by Gasteiger charge is -2.07. The van der Waals surface area contributed by atoms with Gasteiger partial charge in [0.15, 0.2) is 0 Å². The Morgan fingerprint density at radius 1 is 1.24 bits per heavy atom. The van der Waals surface area contributed by atoms with Crippen molar-refractivity contribution in [3.05, 3.63) is 61.8 Å². The summed E-state index contributed by atoms with van der Waals surface area (Å²) in [6, 6.07) is 7.80. The highest BCUT2D eigenvalue weighted by atomic mass is 35.5. The second-order valence-electron chi connectivity index (χ2n) is 3.51. The van der Waals surface area contributed by atoms with Crippen molar-refractivity contribution in [1.82, 2.24) is 9.55 Å². The number of benzene rings is 1. The lowest BCUT2D eigenvalue weighted by molar-refractivity contribution is 0.409. The molecule has 0 saturated heterocycles. The number of halogens is 1. The zero-order chi connectivity index (χ0) is 12.4. The molecule has 0 saturated carbocycles. The van der Waals surface area contributed by atoms with Crippen LogP contribution in [0.1, 0.15) is 5.56 Å². The molecule has 17 heavy (non-hydrogen) atoms. The van der Waals surface area contributed by atoms with Gasteiger partial charge < -0.3 is 5.11 Å². The topological polar surface area (TPSA) is 75.1 Å². The smallest absolute Gasteiger partial charge is 0.331 e. The number of rotatable bonds is 2. The summed E-state index contributed by atoms with van der Waals surface area (Å²) in [7, 11) is 0. The summed E-state index contributed by atoms with van der Waals surface area (Å²) in [5.74, 6) is -0.367. The summed E-state index contributed by atoms with van der Waals surface area (Å²) >= 11 is 5.73. The second kappa shape index (κ2) is 4.47. The van der Waals surface area contributed by atoms with Crippen molar-refractivity contribution in [1.29, 1.82) is 0 Å².